The van der Waals surface area contributed by atoms with Crippen LogP contribution in [0.5, 0.6) is 0 Å². The lowest BCUT2D eigenvalue weighted by Crippen LogP contribution is -2.20. The lowest BCUT2D eigenvalue weighted by atomic mass is 9.77. The molecule has 1 heteroatoms. The van der Waals surface area contributed by atoms with E-state index in [1.165, 1.54) is 11.1 Å². The van der Waals surface area contributed by atoms with Crippen molar-refractivity contribution in [1.82, 2.24) is 5.32 Å². The van der Waals surface area contributed by atoms with Gasteiger partial charge in [-0.05, 0) is 22.5 Å². The normalized spacial score (nSPS) is 23.9. The third kappa shape index (κ3) is 2.15. The van der Waals surface area contributed by atoms with Gasteiger partial charge in [0.2, 0.25) is 0 Å². The van der Waals surface area contributed by atoms with E-state index in [9.17, 15) is 0 Å². The summed E-state index contributed by atoms with van der Waals surface area (Å²) in [5, 5.41) is 3.50. The van der Waals surface area contributed by atoms with E-state index in [1.54, 1.807) is 0 Å². The van der Waals surface area contributed by atoms with E-state index < -0.39 is 0 Å². The van der Waals surface area contributed by atoms with Crippen LogP contribution >= 0.6 is 0 Å². The first-order chi connectivity index (χ1) is 7.50. The second-order valence-corrected chi connectivity index (χ2v) is 5.99. The van der Waals surface area contributed by atoms with Crippen LogP contribution in [0.15, 0.2) is 24.3 Å². The molecule has 0 spiro atoms. The molecule has 1 fully saturated rings. The molecule has 0 bridgehead atoms. The van der Waals surface area contributed by atoms with Crippen LogP contribution in [0.1, 0.15) is 50.7 Å². The Labute approximate surface area is 99.3 Å². The minimum atomic E-state index is 0.388. The van der Waals surface area contributed by atoms with Crippen LogP contribution in [0.3, 0.4) is 0 Å². The highest BCUT2D eigenvalue weighted by Crippen LogP contribution is 2.38. The van der Waals surface area contributed by atoms with E-state index in [2.05, 4.69) is 57.3 Å². The van der Waals surface area contributed by atoms with Crippen LogP contribution < -0.4 is 5.32 Å². The third-order valence-electron chi connectivity index (χ3n) is 3.88. The minimum absolute atomic E-state index is 0.388. The monoisotopic (exact) mass is 217 g/mol. The van der Waals surface area contributed by atoms with Crippen molar-refractivity contribution in [2.75, 3.05) is 13.1 Å². The molecule has 0 aliphatic carbocycles. The zero-order valence-electron chi connectivity index (χ0n) is 10.9. The summed E-state index contributed by atoms with van der Waals surface area (Å²) in [6, 6.07) is 9.20. The lowest BCUT2D eigenvalue weighted by molar-refractivity contribution is 0.363. The maximum Gasteiger partial charge on any atom is 0.00267 e. The van der Waals surface area contributed by atoms with Crippen LogP contribution in [0, 0.1) is 5.41 Å². The second-order valence-electron chi connectivity index (χ2n) is 5.99. The molecule has 16 heavy (non-hydrogen) atoms. The minimum Gasteiger partial charge on any atom is -0.316 e. The van der Waals surface area contributed by atoms with Gasteiger partial charge in [-0.1, -0.05) is 52.0 Å². The summed E-state index contributed by atoms with van der Waals surface area (Å²) in [4.78, 5) is 0. The summed E-state index contributed by atoms with van der Waals surface area (Å²) in [6.07, 6.45) is 0. The summed E-state index contributed by atoms with van der Waals surface area (Å²) in [5.41, 5.74) is 3.31. The van der Waals surface area contributed by atoms with E-state index in [1.807, 2.05) is 0 Å². The molecule has 1 saturated heterocycles. The predicted octanol–water partition coefficient (Wildman–Crippen LogP) is 3.52. The van der Waals surface area contributed by atoms with Crippen molar-refractivity contribution >= 4 is 0 Å². The molecule has 1 aliphatic rings. The highest BCUT2D eigenvalue weighted by molar-refractivity contribution is 5.29. The average Bonchev–Trinajstić information content (AvgIpc) is 2.58. The average molecular weight is 217 g/mol. The van der Waals surface area contributed by atoms with Crippen LogP contribution in [0.4, 0.5) is 0 Å². The van der Waals surface area contributed by atoms with Gasteiger partial charge < -0.3 is 5.32 Å². The smallest absolute Gasteiger partial charge is 0.00267 e. The molecule has 0 amide bonds. The molecule has 1 aromatic carbocycles. The molecular formula is C15H23N. The van der Waals surface area contributed by atoms with Gasteiger partial charge in [0, 0.05) is 19.0 Å². The van der Waals surface area contributed by atoms with E-state index in [0.29, 0.717) is 17.3 Å². The maximum atomic E-state index is 3.50. The van der Waals surface area contributed by atoms with Crippen molar-refractivity contribution in [3.05, 3.63) is 35.4 Å². The van der Waals surface area contributed by atoms with Crippen LogP contribution in [0.25, 0.3) is 0 Å². The van der Waals surface area contributed by atoms with Crippen molar-refractivity contribution in [2.24, 2.45) is 5.41 Å². The van der Waals surface area contributed by atoms with Crippen molar-refractivity contribution in [1.29, 1.82) is 0 Å². The molecule has 1 heterocycles. The summed E-state index contributed by atoms with van der Waals surface area (Å²) >= 11 is 0. The fourth-order valence-corrected chi connectivity index (χ4v) is 2.62. The topological polar surface area (TPSA) is 12.0 Å². The summed E-state index contributed by atoms with van der Waals surface area (Å²) in [7, 11) is 0. The first kappa shape index (κ1) is 11.7. The quantitative estimate of drug-likeness (QED) is 0.799. The number of nitrogens with one attached hydrogen (secondary N) is 1. The van der Waals surface area contributed by atoms with Crippen molar-refractivity contribution in [2.45, 2.75) is 39.5 Å². The van der Waals surface area contributed by atoms with Gasteiger partial charge >= 0.3 is 0 Å². The Morgan fingerprint density at radius 1 is 1.19 bits per heavy atom. The standard InChI is InChI=1S/C15H23N/c1-11(2)12-5-7-13(8-6-12)14-9-16-10-15(14,3)4/h5-8,11,14,16H,9-10H2,1-4H3/t14-/m1/s1. The molecular weight excluding hydrogens is 194 g/mol. The van der Waals surface area contributed by atoms with E-state index in [-0.39, 0.29) is 0 Å². The van der Waals surface area contributed by atoms with Crippen molar-refractivity contribution in [3.8, 4) is 0 Å². The number of hydrogen-bond donors (Lipinski definition) is 1. The Morgan fingerprint density at radius 2 is 1.81 bits per heavy atom. The largest absolute Gasteiger partial charge is 0.316 e. The second kappa shape index (κ2) is 4.21. The van der Waals surface area contributed by atoms with Gasteiger partial charge in [0.15, 0.2) is 0 Å². The number of rotatable bonds is 2. The van der Waals surface area contributed by atoms with Crippen LogP contribution in [-0.2, 0) is 0 Å². The zero-order chi connectivity index (χ0) is 11.8. The third-order valence-corrected chi connectivity index (χ3v) is 3.88. The van der Waals surface area contributed by atoms with Crippen molar-refractivity contribution in [3.63, 3.8) is 0 Å². The molecule has 0 aromatic heterocycles. The van der Waals surface area contributed by atoms with Gasteiger partial charge in [0.05, 0.1) is 0 Å². The molecule has 1 aromatic rings. The van der Waals surface area contributed by atoms with Crippen molar-refractivity contribution < 1.29 is 0 Å². The highest BCUT2D eigenvalue weighted by atomic mass is 14.9. The summed E-state index contributed by atoms with van der Waals surface area (Å²) in [5.74, 6) is 1.29. The molecule has 0 saturated carbocycles. The Morgan fingerprint density at radius 3 is 2.25 bits per heavy atom. The SMILES string of the molecule is CC(C)c1ccc([C@H]2CNCC2(C)C)cc1. The Kier molecular flexibility index (Phi) is 3.07. The first-order valence-corrected chi connectivity index (χ1v) is 6.31. The van der Waals surface area contributed by atoms with Gasteiger partial charge in [-0.3, -0.25) is 0 Å². The molecule has 2 rings (SSSR count). The Bertz CT molecular complexity index is 348. The fourth-order valence-electron chi connectivity index (χ4n) is 2.62. The summed E-state index contributed by atoms with van der Waals surface area (Å²) in [6.45, 7) is 11.5. The zero-order valence-corrected chi connectivity index (χ0v) is 10.9. The fraction of sp³-hybridized carbons (Fsp3) is 0.600. The van der Waals surface area contributed by atoms with Gasteiger partial charge in [-0.15, -0.1) is 0 Å². The molecule has 0 radical (unpaired) electrons. The van der Waals surface area contributed by atoms with E-state index in [0.717, 1.165) is 13.1 Å². The molecule has 88 valence electrons. The summed E-state index contributed by atoms with van der Waals surface area (Å²) < 4.78 is 0. The van der Waals surface area contributed by atoms with Gasteiger partial charge in [0.1, 0.15) is 0 Å². The lowest BCUT2D eigenvalue weighted by Gasteiger charge is -2.26. The maximum absolute atomic E-state index is 3.50. The van der Waals surface area contributed by atoms with Gasteiger partial charge in [0.25, 0.3) is 0 Å². The predicted molar refractivity (Wildman–Crippen MR) is 69.9 cm³/mol. The molecule has 1 aliphatic heterocycles. The Hall–Kier alpha value is -0.820. The van der Waals surface area contributed by atoms with Gasteiger partial charge in [-0.25, -0.2) is 0 Å². The highest BCUT2D eigenvalue weighted by Gasteiger charge is 2.35. The molecule has 0 unspecified atom stereocenters. The van der Waals surface area contributed by atoms with Crippen LogP contribution in [-0.4, -0.2) is 13.1 Å². The molecule has 1 nitrogen and oxygen atoms in total. The van der Waals surface area contributed by atoms with E-state index in [4.69, 9.17) is 0 Å². The molecule has 1 atom stereocenters. The Balaban J connectivity index is 2.22. The number of benzene rings is 1. The number of hydrogen-bond acceptors (Lipinski definition) is 1. The van der Waals surface area contributed by atoms with E-state index >= 15 is 0 Å². The van der Waals surface area contributed by atoms with Gasteiger partial charge in [-0.2, -0.15) is 0 Å². The van der Waals surface area contributed by atoms with Crippen LogP contribution in [0.2, 0.25) is 0 Å². The molecule has 1 N–H and O–H groups in total. The first-order valence-electron chi connectivity index (χ1n) is 6.31.